The Morgan fingerprint density at radius 1 is 1.26 bits per heavy atom. The Balaban J connectivity index is 1.63. The van der Waals surface area contributed by atoms with Crippen molar-refractivity contribution in [3.8, 4) is 10.7 Å². The van der Waals surface area contributed by atoms with Gasteiger partial charge in [0.15, 0.2) is 5.01 Å². The van der Waals surface area contributed by atoms with E-state index >= 15 is 0 Å². The minimum Gasteiger partial charge on any atom is -0.344 e. The number of aryl methyl sites for hydroxylation is 2. The zero-order valence-electron chi connectivity index (χ0n) is 13.2. The summed E-state index contributed by atoms with van der Waals surface area (Å²) in [6, 6.07) is 6.09. The summed E-state index contributed by atoms with van der Waals surface area (Å²) < 4.78 is 0. The SMILES string of the molecule is Cc1nc(C2CCCN2c2nnc(-c3ccccn3)s2)[nH]c1C. The second kappa shape index (κ2) is 5.73. The molecule has 1 unspecified atom stereocenters. The van der Waals surface area contributed by atoms with Crippen LogP contribution in [0.15, 0.2) is 24.4 Å². The number of nitrogens with one attached hydrogen (secondary N) is 1. The molecule has 0 aliphatic carbocycles. The summed E-state index contributed by atoms with van der Waals surface area (Å²) in [5.41, 5.74) is 3.08. The van der Waals surface area contributed by atoms with Gasteiger partial charge in [0.1, 0.15) is 11.5 Å². The molecule has 1 aliphatic rings. The van der Waals surface area contributed by atoms with Crippen molar-refractivity contribution in [3.05, 3.63) is 41.6 Å². The third-order valence-corrected chi connectivity index (χ3v) is 5.24. The molecule has 0 spiro atoms. The Kier molecular flexibility index (Phi) is 3.57. The summed E-state index contributed by atoms with van der Waals surface area (Å²) >= 11 is 1.59. The summed E-state index contributed by atoms with van der Waals surface area (Å²) in [6.07, 6.45) is 4.01. The van der Waals surface area contributed by atoms with Crippen LogP contribution in [0.2, 0.25) is 0 Å². The van der Waals surface area contributed by atoms with Crippen molar-refractivity contribution in [2.45, 2.75) is 32.7 Å². The van der Waals surface area contributed by atoms with Gasteiger partial charge in [0.05, 0.1) is 11.7 Å². The first-order valence-electron chi connectivity index (χ1n) is 7.77. The number of anilines is 1. The first-order chi connectivity index (χ1) is 11.2. The van der Waals surface area contributed by atoms with Crippen molar-refractivity contribution in [3.63, 3.8) is 0 Å². The average molecular weight is 326 g/mol. The van der Waals surface area contributed by atoms with Gasteiger partial charge in [-0.15, -0.1) is 10.2 Å². The highest BCUT2D eigenvalue weighted by Crippen LogP contribution is 2.38. The molecule has 1 N–H and O–H groups in total. The maximum Gasteiger partial charge on any atom is 0.209 e. The molecule has 1 saturated heterocycles. The number of hydrogen-bond acceptors (Lipinski definition) is 6. The van der Waals surface area contributed by atoms with Crippen LogP contribution in [0.3, 0.4) is 0 Å². The minimum atomic E-state index is 0.256. The smallest absolute Gasteiger partial charge is 0.209 e. The zero-order valence-corrected chi connectivity index (χ0v) is 14.0. The lowest BCUT2D eigenvalue weighted by Crippen LogP contribution is -2.23. The van der Waals surface area contributed by atoms with Gasteiger partial charge in [-0.3, -0.25) is 4.98 Å². The molecule has 0 amide bonds. The fourth-order valence-corrected chi connectivity index (χ4v) is 3.83. The van der Waals surface area contributed by atoms with Crippen LogP contribution in [0, 0.1) is 13.8 Å². The standard InChI is InChI=1S/C16H18N6S/c1-10-11(2)19-14(18-10)13-7-5-9-22(13)16-21-20-15(23-16)12-6-3-4-8-17-12/h3-4,6,8,13H,5,7,9H2,1-2H3,(H,18,19). The molecule has 1 atom stereocenters. The lowest BCUT2D eigenvalue weighted by Gasteiger charge is -2.21. The van der Waals surface area contributed by atoms with Gasteiger partial charge in [0, 0.05) is 18.4 Å². The molecule has 1 aliphatic heterocycles. The molecule has 118 valence electrons. The fraction of sp³-hybridized carbons (Fsp3) is 0.375. The minimum absolute atomic E-state index is 0.256. The highest BCUT2D eigenvalue weighted by atomic mass is 32.1. The summed E-state index contributed by atoms with van der Waals surface area (Å²) in [7, 11) is 0. The first-order valence-corrected chi connectivity index (χ1v) is 8.58. The molecule has 3 aromatic rings. The molecule has 6 nitrogen and oxygen atoms in total. The van der Waals surface area contributed by atoms with Gasteiger partial charge in [-0.2, -0.15) is 0 Å². The molecule has 1 fully saturated rings. The second-order valence-corrected chi connectivity index (χ2v) is 6.74. The molecule has 7 heteroatoms. The second-order valence-electron chi connectivity index (χ2n) is 5.79. The van der Waals surface area contributed by atoms with E-state index in [0.717, 1.165) is 52.4 Å². The summed E-state index contributed by atoms with van der Waals surface area (Å²) in [5.74, 6) is 1.03. The molecule has 3 aromatic heterocycles. The van der Waals surface area contributed by atoms with Crippen molar-refractivity contribution in [1.29, 1.82) is 0 Å². The molecule has 0 aromatic carbocycles. The Morgan fingerprint density at radius 2 is 2.17 bits per heavy atom. The first kappa shape index (κ1) is 14.3. The van der Waals surface area contributed by atoms with E-state index < -0.39 is 0 Å². The molecule has 4 heterocycles. The zero-order chi connectivity index (χ0) is 15.8. The van der Waals surface area contributed by atoms with Gasteiger partial charge < -0.3 is 9.88 Å². The Bertz CT molecular complexity index is 790. The number of H-pyrrole nitrogens is 1. The number of imidazole rings is 1. The highest BCUT2D eigenvalue weighted by Gasteiger charge is 2.31. The van der Waals surface area contributed by atoms with Crippen LogP contribution < -0.4 is 4.90 Å². The van der Waals surface area contributed by atoms with Gasteiger partial charge in [0.2, 0.25) is 5.13 Å². The Hall–Kier alpha value is -2.28. The highest BCUT2D eigenvalue weighted by molar-refractivity contribution is 7.18. The monoisotopic (exact) mass is 326 g/mol. The third-order valence-electron chi connectivity index (χ3n) is 4.26. The molecule has 23 heavy (non-hydrogen) atoms. The summed E-state index contributed by atoms with van der Waals surface area (Å²) in [4.78, 5) is 14.8. The molecular weight excluding hydrogens is 308 g/mol. The van der Waals surface area contributed by atoms with E-state index in [-0.39, 0.29) is 6.04 Å². The topological polar surface area (TPSA) is 70.6 Å². The normalized spacial score (nSPS) is 17.8. The van der Waals surface area contributed by atoms with Crippen molar-refractivity contribution in [1.82, 2.24) is 25.1 Å². The van der Waals surface area contributed by atoms with Crippen molar-refractivity contribution >= 4 is 16.5 Å². The van der Waals surface area contributed by atoms with Crippen LogP contribution >= 0.6 is 11.3 Å². The number of aromatic nitrogens is 5. The van der Waals surface area contributed by atoms with E-state index in [1.165, 1.54) is 0 Å². The molecular formula is C16H18N6S. The van der Waals surface area contributed by atoms with Crippen LogP contribution in [0.1, 0.15) is 36.1 Å². The summed E-state index contributed by atoms with van der Waals surface area (Å²) in [5, 5.41) is 10.5. The summed E-state index contributed by atoms with van der Waals surface area (Å²) in [6.45, 7) is 5.09. The molecule has 4 rings (SSSR count). The quantitative estimate of drug-likeness (QED) is 0.800. The molecule has 0 saturated carbocycles. The van der Waals surface area contributed by atoms with E-state index in [2.05, 4.69) is 37.0 Å². The average Bonchev–Trinajstić information content (AvgIpc) is 3.28. The number of nitrogens with zero attached hydrogens (tertiary/aromatic N) is 5. The van der Waals surface area contributed by atoms with Crippen LogP contribution in [-0.2, 0) is 0 Å². The van der Waals surface area contributed by atoms with E-state index in [0.29, 0.717) is 0 Å². The maximum absolute atomic E-state index is 4.68. The van der Waals surface area contributed by atoms with Crippen molar-refractivity contribution < 1.29 is 0 Å². The number of rotatable bonds is 3. The third kappa shape index (κ3) is 2.61. The van der Waals surface area contributed by atoms with Crippen LogP contribution in [0.4, 0.5) is 5.13 Å². The van der Waals surface area contributed by atoms with E-state index in [1.807, 2.05) is 25.1 Å². The number of aromatic amines is 1. The van der Waals surface area contributed by atoms with Gasteiger partial charge in [-0.1, -0.05) is 17.4 Å². The van der Waals surface area contributed by atoms with E-state index in [4.69, 9.17) is 0 Å². The van der Waals surface area contributed by atoms with E-state index in [9.17, 15) is 0 Å². The van der Waals surface area contributed by atoms with Crippen LogP contribution in [-0.4, -0.2) is 31.7 Å². The van der Waals surface area contributed by atoms with Crippen LogP contribution in [0.5, 0.6) is 0 Å². The fourth-order valence-electron chi connectivity index (χ4n) is 2.94. The van der Waals surface area contributed by atoms with Crippen molar-refractivity contribution in [2.24, 2.45) is 0 Å². The maximum atomic E-state index is 4.68. The Labute approximate surface area is 138 Å². The Morgan fingerprint density at radius 3 is 2.91 bits per heavy atom. The number of pyridine rings is 1. The van der Waals surface area contributed by atoms with Gasteiger partial charge in [-0.05, 0) is 38.8 Å². The van der Waals surface area contributed by atoms with Gasteiger partial charge >= 0.3 is 0 Å². The lowest BCUT2D eigenvalue weighted by molar-refractivity contribution is 0.670. The molecule has 0 radical (unpaired) electrons. The van der Waals surface area contributed by atoms with Crippen LogP contribution in [0.25, 0.3) is 10.7 Å². The van der Waals surface area contributed by atoms with Crippen molar-refractivity contribution in [2.75, 3.05) is 11.4 Å². The van der Waals surface area contributed by atoms with Gasteiger partial charge in [0.25, 0.3) is 0 Å². The van der Waals surface area contributed by atoms with E-state index in [1.54, 1.807) is 17.5 Å². The lowest BCUT2D eigenvalue weighted by atomic mass is 10.2. The predicted molar refractivity (Wildman–Crippen MR) is 90.5 cm³/mol. The number of hydrogen-bond donors (Lipinski definition) is 1. The van der Waals surface area contributed by atoms with Gasteiger partial charge in [-0.25, -0.2) is 4.98 Å². The molecule has 0 bridgehead atoms. The predicted octanol–water partition coefficient (Wildman–Crippen LogP) is 3.28. The largest absolute Gasteiger partial charge is 0.344 e.